The van der Waals surface area contributed by atoms with Crippen LogP contribution >= 0.6 is 23.1 Å². The molecule has 0 saturated heterocycles. The zero-order chi connectivity index (χ0) is 18.8. The summed E-state index contributed by atoms with van der Waals surface area (Å²) in [6.07, 6.45) is 3.47. The van der Waals surface area contributed by atoms with Crippen LogP contribution in [0.4, 0.5) is 11.5 Å². The standard InChI is InChI=1S/C18H21N5OS2/c1-10-6-11(2)14(12(3)7-10)21-13(24)8-23(4)17-15-16(19-9-20-17)22-18(25-5)26-15/h6-7,9H,8H2,1-5H3,(H,21,24). The van der Waals surface area contributed by atoms with E-state index in [-0.39, 0.29) is 12.5 Å². The van der Waals surface area contributed by atoms with E-state index in [0.29, 0.717) is 5.65 Å². The quantitative estimate of drug-likeness (QED) is 0.671. The smallest absolute Gasteiger partial charge is 0.243 e. The fourth-order valence-corrected chi connectivity index (χ4v) is 4.49. The molecule has 3 rings (SSSR count). The Morgan fingerprint density at radius 3 is 2.58 bits per heavy atom. The highest BCUT2D eigenvalue weighted by Crippen LogP contribution is 2.32. The number of carbonyl (C=O) groups is 1. The predicted molar refractivity (Wildman–Crippen MR) is 110 cm³/mol. The molecule has 2 heterocycles. The summed E-state index contributed by atoms with van der Waals surface area (Å²) in [5.41, 5.74) is 4.87. The molecule has 0 fully saturated rings. The number of benzene rings is 1. The van der Waals surface area contributed by atoms with Crippen molar-refractivity contribution in [2.75, 3.05) is 30.1 Å². The number of aromatic nitrogens is 3. The van der Waals surface area contributed by atoms with Crippen molar-refractivity contribution in [3.63, 3.8) is 0 Å². The monoisotopic (exact) mass is 387 g/mol. The second kappa shape index (κ2) is 7.59. The van der Waals surface area contributed by atoms with Crippen LogP contribution in [0.5, 0.6) is 0 Å². The van der Waals surface area contributed by atoms with Gasteiger partial charge in [0.2, 0.25) is 5.91 Å². The minimum absolute atomic E-state index is 0.0797. The van der Waals surface area contributed by atoms with Gasteiger partial charge in [0.05, 0.1) is 6.54 Å². The van der Waals surface area contributed by atoms with Crippen molar-refractivity contribution in [2.45, 2.75) is 25.1 Å². The third-order valence-electron chi connectivity index (χ3n) is 4.01. The van der Waals surface area contributed by atoms with Crippen LogP contribution in [0.3, 0.4) is 0 Å². The highest BCUT2D eigenvalue weighted by atomic mass is 32.2. The summed E-state index contributed by atoms with van der Waals surface area (Å²) in [5.74, 6) is 0.643. The first-order chi connectivity index (χ1) is 12.4. The fourth-order valence-electron chi connectivity index (χ4n) is 2.93. The molecule has 0 bridgehead atoms. The van der Waals surface area contributed by atoms with Crippen LogP contribution in [-0.4, -0.2) is 40.7 Å². The first-order valence-electron chi connectivity index (χ1n) is 8.13. The Morgan fingerprint density at radius 2 is 1.92 bits per heavy atom. The third kappa shape index (κ3) is 3.81. The van der Waals surface area contributed by atoms with Gasteiger partial charge in [0, 0.05) is 12.7 Å². The lowest BCUT2D eigenvalue weighted by molar-refractivity contribution is -0.114. The van der Waals surface area contributed by atoms with Crippen molar-refractivity contribution in [1.82, 2.24) is 15.0 Å². The van der Waals surface area contributed by atoms with Crippen LogP contribution in [0.15, 0.2) is 22.8 Å². The van der Waals surface area contributed by atoms with Gasteiger partial charge >= 0.3 is 0 Å². The maximum atomic E-state index is 12.6. The molecule has 2 aromatic heterocycles. The summed E-state index contributed by atoms with van der Waals surface area (Å²) in [5, 5.41) is 3.03. The molecule has 136 valence electrons. The van der Waals surface area contributed by atoms with Gasteiger partial charge in [0.25, 0.3) is 0 Å². The minimum Gasteiger partial charge on any atom is -0.349 e. The number of rotatable bonds is 5. The van der Waals surface area contributed by atoms with Gasteiger partial charge in [-0.1, -0.05) is 29.5 Å². The highest BCUT2D eigenvalue weighted by Gasteiger charge is 2.16. The van der Waals surface area contributed by atoms with Gasteiger partial charge in [-0.05, 0) is 38.2 Å². The van der Waals surface area contributed by atoms with E-state index in [0.717, 1.165) is 31.7 Å². The van der Waals surface area contributed by atoms with Crippen LogP contribution < -0.4 is 10.2 Å². The van der Waals surface area contributed by atoms with Gasteiger partial charge in [-0.2, -0.15) is 0 Å². The summed E-state index contributed by atoms with van der Waals surface area (Å²) in [6, 6.07) is 4.14. The van der Waals surface area contributed by atoms with Crippen molar-refractivity contribution in [2.24, 2.45) is 0 Å². The van der Waals surface area contributed by atoms with Crippen LogP contribution in [-0.2, 0) is 4.79 Å². The number of anilines is 2. The van der Waals surface area contributed by atoms with E-state index in [1.165, 1.54) is 11.9 Å². The van der Waals surface area contributed by atoms with Gasteiger partial charge in [-0.15, -0.1) is 11.3 Å². The number of thiazole rings is 1. The van der Waals surface area contributed by atoms with Gasteiger partial charge in [-0.3, -0.25) is 4.79 Å². The lowest BCUT2D eigenvalue weighted by Crippen LogP contribution is -2.31. The van der Waals surface area contributed by atoms with Crippen molar-refractivity contribution < 1.29 is 4.79 Å². The number of thioether (sulfide) groups is 1. The lowest BCUT2D eigenvalue weighted by Gasteiger charge is -2.19. The van der Waals surface area contributed by atoms with Gasteiger partial charge in [-0.25, -0.2) is 15.0 Å². The van der Waals surface area contributed by atoms with E-state index in [4.69, 9.17) is 0 Å². The molecule has 1 aromatic carbocycles. The molecule has 3 aromatic rings. The van der Waals surface area contributed by atoms with Crippen LogP contribution in [0, 0.1) is 20.8 Å². The topological polar surface area (TPSA) is 71.0 Å². The SMILES string of the molecule is CSc1nc2ncnc(N(C)CC(=O)Nc3c(C)cc(C)cc3C)c2s1. The number of nitrogens with zero attached hydrogens (tertiary/aromatic N) is 4. The van der Waals surface area contributed by atoms with Crippen molar-refractivity contribution in [3.8, 4) is 0 Å². The molecule has 1 amide bonds. The molecule has 0 aliphatic rings. The maximum absolute atomic E-state index is 12.6. The molecule has 8 heteroatoms. The molecule has 0 spiro atoms. The Morgan fingerprint density at radius 1 is 1.23 bits per heavy atom. The van der Waals surface area contributed by atoms with E-state index in [1.54, 1.807) is 23.1 Å². The summed E-state index contributed by atoms with van der Waals surface area (Å²) in [6.45, 7) is 6.27. The van der Waals surface area contributed by atoms with Gasteiger partial charge in [0.1, 0.15) is 11.0 Å². The molecular formula is C18H21N5OS2. The molecule has 26 heavy (non-hydrogen) atoms. The first-order valence-corrected chi connectivity index (χ1v) is 10.2. The van der Waals surface area contributed by atoms with Crippen molar-refractivity contribution in [1.29, 1.82) is 0 Å². The number of hydrogen-bond acceptors (Lipinski definition) is 7. The molecule has 0 aliphatic heterocycles. The number of hydrogen-bond donors (Lipinski definition) is 1. The summed E-state index contributed by atoms with van der Waals surface area (Å²) in [4.78, 5) is 27.4. The molecule has 0 saturated carbocycles. The number of carbonyl (C=O) groups excluding carboxylic acids is 1. The molecule has 0 unspecified atom stereocenters. The zero-order valence-electron chi connectivity index (χ0n) is 15.5. The first kappa shape index (κ1) is 18.6. The average molecular weight is 388 g/mol. The average Bonchev–Trinajstić information content (AvgIpc) is 3.01. The van der Waals surface area contributed by atoms with Crippen LogP contribution in [0.2, 0.25) is 0 Å². The number of amides is 1. The Balaban J connectivity index is 1.79. The minimum atomic E-state index is -0.0797. The third-order valence-corrected chi connectivity index (χ3v) is 6.04. The molecule has 0 aliphatic carbocycles. The molecule has 1 N–H and O–H groups in total. The Kier molecular flexibility index (Phi) is 5.43. The predicted octanol–water partition coefficient (Wildman–Crippen LogP) is 3.81. The van der Waals surface area contributed by atoms with Crippen LogP contribution in [0.25, 0.3) is 10.3 Å². The molecule has 6 nitrogen and oxygen atoms in total. The van der Waals surface area contributed by atoms with Crippen LogP contribution in [0.1, 0.15) is 16.7 Å². The number of nitrogens with one attached hydrogen (secondary N) is 1. The molecule has 0 atom stereocenters. The Labute approximate surface area is 161 Å². The summed E-state index contributed by atoms with van der Waals surface area (Å²) in [7, 11) is 1.86. The largest absolute Gasteiger partial charge is 0.349 e. The van der Waals surface area contributed by atoms with Gasteiger partial charge < -0.3 is 10.2 Å². The molecular weight excluding hydrogens is 366 g/mol. The Hall–Kier alpha value is -2.19. The fraction of sp³-hybridized carbons (Fsp3) is 0.333. The van der Waals surface area contributed by atoms with Crippen molar-refractivity contribution in [3.05, 3.63) is 35.2 Å². The van der Waals surface area contributed by atoms with E-state index in [2.05, 4.69) is 39.3 Å². The second-order valence-electron chi connectivity index (χ2n) is 6.21. The number of aryl methyl sites for hydroxylation is 3. The van der Waals surface area contributed by atoms with Gasteiger partial charge in [0.15, 0.2) is 15.8 Å². The van der Waals surface area contributed by atoms with Crippen molar-refractivity contribution >= 4 is 50.9 Å². The zero-order valence-corrected chi connectivity index (χ0v) is 17.1. The summed E-state index contributed by atoms with van der Waals surface area (Å²) >= 11 is 3.12. The van der Waals surface area contributed by atoms with E-state index >= 15 is 0 Å². The highest BCUT2D eigenvalue weighted by molar-refractivity contribution is 8.00. The number of likely N-dealkylation sites (N-methyl/N-ethyl adjacent to an activating group) is 1. The normalized spacial score (nSPS) is 11.0. The summed E-state index contributed by atoms with van der Waals surface area (Å²) < 4.78 is 1.83. The Bertz CT molecular complexity index is 946. The van der Waals surface area contributed by atoms with E-state index in [9.17, 15) is 4.79 Å². The maximum Gasteiger partial charge on any atom is 0.243 e. The lowest BCUT2D eigenvalue weighted by atomic mass is 10.1. The number of fused-ring (bicyclic) bond motifs is 1. The van der Waals surface area contributed by atoms with E-state index in [1.807, 2.05) is 32.1 Å². The molecule has 0 radical (unpaired) electrons. The second-order valence-corrected chi connectivity index (χ2v) is 8.26. The van der Waals surface area contributed by atoms with E-state index < -0.39 is 0 Å².